The summed E-state index contributed by atoms with van der Waals surface area (Å²) >= 11 is 1.43. The first-order valence-corrected chi connectivity index (χ1v) is 3.51. The van der Waals surface area contributed by atoms with Gasteiger partial charge in [-0.3, -0.25) is 0 Å². The number of carbonyl (C=O) groups is 1. The van der Waals surface area contributed by atoms with Crippen LogP contribution in [0.4, 0.5) is 4.79 Å². The van der Waals surface area contributed by atoms with E-state index in [9.17, 15) is 4.79 Å². The molecule has 5 heteroatoms. The topological polar surface area (TPSA) is 68.0 Å². The number of aromatic nitrogens is 1. The molecule has 0 bridgehead atoms. The maximum atomic E-state index is 10.2. The van der Waals surface area contributed by atoms with E-state index in [-0.39, 0.29) is 0 Å². The van der Waals surface area contributed by atoms with Crippen LogP contribution in [0.2, 0.25) is 0 Å². The molecule has 0 aliphatic carbocycles. The number of hydrogen-bond donors (Lipinski definition) is 2. The number of nitrogens with one attached hydrogen (secondary N) is 1. The molecule has 0 atom stereocenters. The van der Waals surface area contributed by atoms with Gasteiger partial charge in [-0.1, -0.05) is 0 Å². The summed E-state index contributed by atoms with van der Waals surface area (Å²) in [6.07, 6.45) is 2.63. The van der Waals surface area contributed by atoms with Crippen molar-refractivity contribution in [2.45, 2.75) is 6.54 Å². The van der Waals surface area contributed by atoms with E-state index in [1.54, 1.807) is 5.38 Å². The molecule has 0 aliphatic rings. The zero-order valence-electron chi connectivity index (χ0n) is 5.13. The SMILES string of the molecule is NC(=O)NCc1n[c]cs1. The van der Waals surface area contributed by atoms with E-state index < -0.39 is 6.03 Å². The molecule has 53 valence electrons. The fourth-order valence-corrected chi connectivity index (χ4v) is 0.965. The van der Waals surface area contributed by atoms with Crippen LogP contribution in [-0.4, -0.2) is 11.0 Å². The first kappa shape index (κ1) is 7.01. The summed E-state index contributed by atoms with van der Waals surface area (Å²) in [4.78, 5) is 14.0. The molecule has 1 aromatic heterocycles. The van der Waals surface area contributed by atoms with Crippen molar-refractivity contribution in [3.05, 3.63) is 16.6 Å². The number of hydrogen-bond acceptors (Lipinski definition) is 3. The summed E-state index contributed by atoms with van der Waals surface area (Å²) in [5, 5.41) is 4.94. The molecular weight excluding hydrogens is 150 g/mol. The van der Waals surface area contributed by atoms with Crippen molar-refractivity contribution in [2.24, 2.45) is 5.73 Å². The predicted octanol–water partition coefficient (Wildman–Crippen LogP) is 0.112. The molecule has 2 amide bonds. The van der Waals surface area contributed by atoms with Crippen LogP contribution < -0.4 is 11.1 Å². The highest BCUT2D eigenvalue weighted by Crippen LogP contribution is 2.01. The third-order valence-corrected chi connectivity index (χ3v) is 1.58. The van der Waals surface area contributed by atoms with Gasteiger partial charge in [0.15, 0.2) is 0 Å². The molecule has 3 N–H and O–H groups in total. The summed E-state index contributed by atoms with van der Waals surface area (Å²) in [5.74, 6) is 0. The van der Waals surface area contributed by atoms with Gasteiger partial charge >= 0.3 is 6.03 Å². The molecule has 0 saturated carbocycles. The molecule has 0 fully saturated rings. The molecule has 0 unspecified atom stereocenters. The van der Waals surface area contributed by atoms with Crippen molar-refractivity contribution in [3.8, 4) is 0 Å². The summed E-state index contributed by atoms with van der Waals surface area (Å²) in [5.41, 5.74) is 4.83. The summed E-state index contributed by atoms with van der Waals surface area (Å²) in [6.45, 7) is 0.392. The van der Waals surface area contributed by atoms with E-state index in [1.165, 1.54) is 11.3 Å². The smallest absolute Gasteiger partial charge is 0.312 e. The minimum absolute atomic E-state index is 0.392. The number of thiazole rings is 1. The van der Waals surface area contributed by atoms with E-state index >= 15 is 0 Å². The summed E-state index contributed by atoms with van der Waals surface area (Å²) in [6, 6.07) is -0.532. The third kappa shape index (κ3) is 2.02. The second kappa shape index (κ2) is 3.17. The molecule has 4 nitrogen and oxygen atoms in total. The molecule has 0 spiro atoms. The molecule has 1 radical (unpaired) electrons. The van der Waals surface area contributed by atoms with Crippen LogP contribution in [0.25, 0.3) is 0 Å². The van der Waals surface area contributed by atoms with Crippen LogP contribution in [0.1, 0.15) is 5.01 Å². The van der Waals surface area contributed by atoms with Gasteiger partial charge in [-0.05, 0) is 0 Å². The van der Waals surface area contributed by atoms with Gasteiger partial charge in [0.05, 0.1) is 6.54 Å². The third-order valence-electron chi connectivity index (χ3n) is 0.851. The maximum Gasteiger partial charge on any atom is 0.312 e. The van der Waals surface area contributed by atoms with Crippen LogP contribution in [-0.2, 0) is 6.54 Å². The van der Waals surface area contributed by atoms with Crippen LogP contribution in [0, 0.1) is 6.20 Å². The average molecular weight is 156 g/mol. The Kier molecular flexibility index (Phi) is 2.22. The second-order valence-electron chi connectivity index (χ2n) is 1.59. The highest BCUT2D eigenvalue weighted by molar-refractivity contribution is 7.09. The van der Waals surface area contributed by atoms with E-state index in [4.69, 9.17) is 5.73 Å². The fourth-order valence-electron chi connectivity index (χ4n) is 0.463. The zero-order chi connectivity index (χ0) is 7.40. The van der Waals surface area contributed by atoms with Crippen LogP contribution in [0.3, 0.4) is 0 Å². The molecule has 0 aliphatic heterocycles. The van der Waals surface area contributed by atoms with Crippen molar-refractivity contribution in [1.82, 2.24) is 10.3 Å². The zero-order valence-corrected chi connectivity index (χ0v) is 5.94. The molecule has 10 heavy (non-hydrogen) atoms. The average Bonchev–Trinajstić information content (AvgIpc) is 2.34. The van der Waals surface area contributed by atoms with Gasteiger partial charge in [0, 0.05) is 5.38 Å². The Morgan fingerprint density at radius 2 is 2.80 bits per heavy atom. The Balaban J connectivity index is 2.35. The minimum Gasteiger partial charge on any atom is -0.352 e. The van der Waals surface area contributed by atoms with Crippen molar-refractivity contribution < 1.29 is 4.79 Å². The summed E-state index contributed by atoms with van der Waals surface area (Å²) < 4.78 is 0. The number of nitrogens with zero attached hydrogens (tertiary/aromatic N) is 1. The lowest BCUT2D eigenvalue weighted by molar-refractivity contribution is 0.248. The molecule has 0 saturated heterocycles. The van der Waals surface area contributed by atoms with Crippen molar-refractivity contribution in [3.63, 3.8) is 0 Å². The lowest BCUT2D eigenvalue weighted by Crippen LogP contribution is -2.28. The quantitative estimate of drug-likeness (QED) is 0.638. The van der Waals surface area contributed by atoms with Gasteiger partial charge in [-0.15, -0.1) is 11.3 Å². The van der Waals surface area contributed by atoms with Gasteiger partial charge in [-0.25, -0.2) is 9.78 Å². The van der Waals surface area contributed by atoms with E-state index in [1.807, 2.05) is 0 Å². The monoisotopic (exact) mass is 156 g/mol. The van der Waals surface area contributed by atoms with Crippen LogP contribution in [0.15, 0.2) is 5.38 Å². The lowest BCUT2D eigenvalue weighted by atomic mass is 10.7. The van der Waals surface area contributed by atoms with Gasteiger partial charge < -0.3 is 11.1 Å². The standard InChI is InChI=1S/C5H6N3OS/c6-5(9)8-3-4-7-1-2-10-4/h2H,3H2,(H3,6,8,9). The Labute approximate surface area is 62.1 Å². The van der Waals surface area contributed by atoms with Crippen LogP contribution in [0.5, 0.6) is 0 Å². The number of rotatable bonds is 2. The van der Waals surface area contributed by atoms with Crippen molar-refractivity contribution in [1.29, 1.82) is 0 Å². The molecule has 1 heterocycles. The lowest BCUT2D eigenvalue weighted by Gasteiger charge is -1.94. The number of nitrogens with two attached hydrogens (primary N) is 1. The number of amides is 2. The Bertz CT molecular complexity index is 209. The first-order valence-electron chi connectivity index (χ1n) is 2.63. The molecule has 1 aromatic rings. The Morgan fingerprint density at radius 3 is 3.30 bits per heavy atom. The predicted molar refractivity (Wildman–Crippen MR) is 37.4 cm³/mol. The van der Waals surface area contributed by atoms with Gasteiger partial charge in [0.1, 0.15) is 11.2 Å². The van der Waals surface area contributed by atoms with E-state index in [2.05, 4.69) is 16.5 Å². The normalized spacial score (nSPS) is 9.20. The number of urea groups is 1. The molecular formula is C5H6N3OS. The summed E-state index contributed by atoms with van der Waals surface area (Å²) in [7, 11) is 0. The fraction of sp³-hybridized carbons (Fsp3) is 0.200. The minimum atomic E-state index is -0.532. The molecule has 1 rings (SSSR count). The number of primary amides is 1. The van der Waals surface area contributed by atoms with E-state index in [0.717, 1.165) is 5.01 Å². The maximum absolute atomic E-state index is 10.2. The second-order valence-corrected chi connectivity index (χ2v) is 2.53. The highest BCUT2D eigenvalue weighted by Gasteiger charge is 1.95. The van der Waals surface area contributed by atoms with Crippen molar-refractivity contribution in [2.75, 3.05) is 0 Å². The van der Waals surface area contributed by atoms with E-state index in [0.29, 0.717) is 6.54 Å². The first-order chi connectivity index (χ1) is 4.79. The van der Waals surface area contributed by atoms with Gasteiger partial charge in [-0.2, -0.15) is 0 Å². The molecule has 0 aromatic carbocycles. The van der Waals surface area contributed by atoms with Crippen LogP contribution >= 0.6 is 11.3 Å². The van der Waals surface area contributed by atoms with Gasteiger partial charge in [0.2, 0.25) is 0 Å². The Morgan fingerprint density at radius 1 is 2.00 bits per heavy atom. The van der Waals surface area contributed by atoms with Gasteiger partial charge in [0.25, 0.3) is 0 Å². The number of carbonyl (C=O) groups excluding carboxylic acids is 1. The van der Waals surface area contributed by atoms with Crippen molar-refractivity contribution >= 4 is 17.4 Å². The largest absolute Gasteiger partial charge is 0.352 e. The highest BCUT2D eigenvalue weighted by atomic mass is 32.1. The Hall–Kier alpha value is -1.10.